The molecule has 0 spiro atoms. The lowest BCUT2D eigenvalue weighted by atomic mass is 10.2. The summed E-state index contributed by atoms with van der Waals surface area (Å²) in [5, 5.41) is 9.46. The second-order valence-corrected chi connectivity index (χ2v) is 4.80. The van der Waals surface area contributed by atoms with Crippen LogP contribution in [0.25, 0.3) is 0 Å². The van der Waals surface area contributed by atoms with Crippen LogP contribution >= 0.6 is 11.6 Å². The van der Waals surface area contributed by atoms with Gasteiger partial charge in [-0.15, -0.1) is 0 Å². The molecule has 0 radical (unpaired) electrons. The van der Waals surface area contributed by atoms with Crippen molar-refractivity contribution in [1.82, 2.24) is 0 Å². The van der Waals surface area contributed by atoms with E-state index in [4.69, 9.17) is 26.2 Å². The largest absolute Gasteiger partial charge is 0.490 e. The van der Waals surface area contributed by atoms with Crippen molar-refractivity contribution in [2.24, 2.45) is 0 Å². The molecule has 0 bridgehead atoms. The second-order valence-electron chi connectivity index (χ2n) is 4.40. The maximum Gasteiger partial charge on any atom is 0.161 e. The fourth-order valence-electron chi connectivity index (χ4n) is 1.83. The van der Waals surface area contributed by atoms with Gasteiger partial charge in [-0.25, -0.2) is 4.39 Å². The van der Waals surface area contributed by atoms with Crippen LogP contribution in [0.15, 0.2) is 36.4 Å². The van der Waals surface area contributed by atoms with Crippen molar-refractivity contribution in [2.45, 2.75) is 20.1 Å². The first-order valence-corrected chi connectivity index (χ1v) is 6.95. The van der Waals surface area contributed by atoms with Crippen LogP contribution in [0.2, 0.25) is 5.02 Å². The van der Waals surface area contributed by atoms with Crippen molar-refractivity contribution in [3.8, 4) is 11.5 Å². The Morgan fingerprint density at radius 2 is 1.90 bits per heavy atom. The molecule has 2 rings (SSSR count). The summed E-state index contributed by atoms with van der Waals surface area (Å²) in [5.41, 5.74) is 1.43. The molecule has 2 aromatic rings. The summed E-state index contributed by atoms with van der Waals surface area (Å²) in [6.45, 7) is 2.50. The van der Waals surface area contributed by atoms with Gasteiger partial charge in [0.05, 0.1) is 18.2 Å². The first kappa shape index (κ1) is 15.6. The first-order valence-electron chi connectivity index (χ1n) is 6.57. The molecule has 0 amide bonds. The van der Waals surface area contributed by atoms with Crippen LogP contribution in [0.5, 0.6) is 11.5 Å². The summed E-state index contributed by atoms with van der Waals surface area (Å²) in [7, 11) is 0. The summed E-state index contributed by atoms with van der Waals surface area (Å²) in [4.78, 5) is 0. The van der Waals surface area contributed by atoms with Crippen LogP contribution in [0, 0.1) is 5.82 Å². The molecular weight excluding hydrogens is 295 g/mol. The molecule has 0 fully saturated rings. The molecule has 0 aromatic heterocycles. The number of halogens is 2. The van der Waals surface area contributed by atoms with E-state index in [1.165, 1.54) is 12.1 Å². The number of aliphatic hydroxyl groups excluding tert-OH is 1. The van der Waals surface area contributed by atoms with Gasteiger partial charge >= 0.3 is 0 Å². The highest BCUT2D eigenvalue weighted by Gasteiger charge is 2.08. The summed E-state index contributed by atoms with van der Waals surface area (Å²) in [6, 6.07) is 9.38. The van der Waals surface area contributed by atoms with Crippen LogP contribution < -0.4 is 9.47 Å². The molecule has 0 saturated carbocycles. The van der Waals surface area contributed by atoms with Gasteiger partial charge in [-0.2, -0.15) is 0 Å². The van der Waals surface area contributed by atoms with E-state index >= 15 is 0 Å². The van der Waals surface area contributed by atoms with Crippen molar-refractivity contribution in [1.29, 1.82) is 0 Å². The Kier molecular flexibility index (Phi) is 5.42. The Morgan fingerprint density at radius 1 is 1.10 bits per heavy atom. The molecule has 0 aliphatic heterocycles. The fourth-order valence-corrected chi connectivity index (χ4v) is 2.05. The Morgan fingerprint density at radius 3 is 2.57 bits per heavy atom. The fraction of sp³-hybridized carbons (Fsp3) is 0.250. The summed E-state index contributed by atoms with van der Waals surface area (Å²) < 4.78 is 24.2. The minimum absolute atomic E-state index is 0.0653. The first-order chi connectivity index (χ1) is 10.1. The van der Waals surface area contributed by atoms with Crippen LogP contribution in [-0.4, -0.2) is 11.7 Å². The van der Waals surface area contributed by atoms with Crippen molar-refractivity contribution in [3.05, 3.63) is 58.4 Å². The van der Waals surface area contributed by atoms with Crippen LogP contribution in [0.1, 0.15) is 18.1 Å². The molecule has 21 heavy (non-hydrogen) atoms. The maximum atomic E-state index is 13.0. The number of hydrogen-bond acceptors (Lipinski definition) is 3. The summed E-state index contributed by atoms with van der Waals surface area (Å²) in [6.07, 6.45) is 0. The van der Waals surface area contributed by atoms with Gasteiger partial charge in [0.1, 0.15) is 12.4 Å². The monoisotopic (exact) mass is 310 g/mol. The number of aliphatic hydroxyl groups is 1. The summed E-state index contributed by atoms with van der Waals surface area (Å²) >= 11 is 5.96. The third-order valence-electron chi connectivity index (χ3n) is 2.89. The van der Waals surface area contributed by atoms with E-state index in [-0.39, 0.29) is 19.0 Å². The Hall–Kier alpha value is -1.78. The van der Waals surface area contributed by atoms with Gasteiger partial charge in [-0.1, -0.05) is 23.7 Å². The van der Waals surface area contributed by atoms with E-state index < -0.39 is 0 Å². The van der Waals surface area contributed by atoms with Crippen LogP contribution in [-0.2, 0) is 13.2 Å². The van der Waals surface area contributed by atoms with Gasteiger partial charge in [0.25, 0.3) is 0 Å². The van der Waals surface area contributed by atoms with Gasteiger partial charge < -0.3 is 14.6 Å². The van der Waals surface area contributed by atoms with Crippen molar-refractivity contribution < 1.29 is 19.0 Å². The molecule has 0 saturated heterocycles. The highest BCUT2D eigenvalue weighted by molar-refractivity contribution is 6.31. The van der Waals surface area contributed by atoms with E-state index in [0.29, 0.717) is 28.7 Å². The number of benzene rings is 2. The highest BCUT2D eigenvalue weighted by atomic mass is 35.5. The third kappa shape index (κ3) is 4.09. The zero-order chi connectivity index (χ0) is 15.2. The number of hydrogen-bond donors (Lipinski definition) is 1. The highest BCUT2D eigenvalue weighted by Crippen LogP contribution is 2.30. The van der Waals surface area contributed by atoms with Crippen molar-refractivity contribution >= 4 is 11.6 Å². The average Bonchev–Trinajstić information content (AvgIpc) is 2.47. The minimum Gasteiger partial charge on any atom is -0.490 e. The number of rotatable bonds is 6. The molecule has 0 atom stereocenters. The number of ether oxygens (including phenoxy) is 2. The molecule has 0 aliphatic carbocycles. The summed E-state index contributed by atoms with van der Waals surface area (Å²) in [5.74, 6) is 0.725. The lowest BCUT2D eigenvalue weighted by Crippen LogP contribution is -2.01. The average molecular weight is 311 g/mol. The molecule has 1 N–H and O–H groups in total. The zero-order valence-electron chi connectivity index (χ0n) is 11.6. The molecule has 3 nitrogen and oxygen atoms in total. The molecule has 0 aliphatic rings. The predicted octanol–water partition coefficient (Wildman–Crippen LogP) is 3.95. The molecule has 0 heterocycles. The van der Waals surface area contributed by atoms with Crippen molar-refractivity contribution in [3.63, 3.8) is 0 Å². The molecule has 112 valence electrons. The van der Waals surface area contributed by atoms with Crippen LogP contribution in [0.4, 0.5) is 4.39 Å². The van der Waals surface area contributed by atoms with E-state index in [1.54, 1.807) is 24.3 Å². The lowest BCUT2D eigenvalue weighted by molar-refractivity contribution is 0.263. The van der Waals surface area contributed by atoms with Gasteiger partial charge in [0.2, 0.25) is 0 Å². The molecule has 5 heteroatoms. The van der Waals surface area contributed by atoms with Crippen LogP contribution in [0.3, 0.4) is 0 Å². The van der Waals surface area contributed by atoms with Gasteiger partial charge in [-0.3, -0.25) is 0 Å². The van der Waals surface area contributed by atoms with Gasteiger partial charge in [0, 0.05) is 5.56 Å². The molecule has 0 unspecified atom stereocenters. The van der Waals surface area contributed by atoms with Gasteiger partial charge in [-0.05, 0) is 36.8 Å². The lowest BCUT2D eigenvalue weighted by Gasteiger charge is -2.13. The molecule has 2 aromatic carbocycles. The predicted molar refractivity (Wildman–Crippen MR) is 79.3 cm³/mol. The minimum atomic E-state index is -0.383. The Bertz CT molecular complexity index is 616. The molecular formula is C16H16ClFO3. The van der Waals surface area contributed by atoms with Gasteiger partial charge in [0.15, 0.2) is 11.5 Å². The normalized spacial score (nSPS) is 10.5. The smallest absolute Gasteiger partial charge is 0.161 e. The van der Waals surface area contributed by atoms with E-state index in [2.05, 4.69) is 0 Å². The Balaban J connectivity index is 2.15. The SMILES string of the molecule is CCOc1cc(CO)ccc1OCc1ccc(F)cc1Cl. The zero-order valence-corrected chi connectivity index (χ0v) is 12.4. The third-order valence-corrected chi connectivity index (χ3v) is 3.24. The van der Waals surface area contributed by atoms with E-state index in [9.17, 15) is 4.39 Å². The quantitative estimate of drug-likeness (QED) is 0.878. The maximum absolute atomic E-state index is 13.0. The standard InChI is InChI=1S/C16H16ClFO3/c1-2-20-16-7-11(9-19)3-6-15(16)21-10-12-4-5-13(18)8-14(12)17/h3-8,19H,2,9-10H2,1H3. The second kappa shape index (κ2) is 7.29. The Labute approximate surface area is 127 Å². The van der Waals surface area contributed by atoms with Crippen molar-refractivity contribution in [2.75, 3.05) is 6.61 Å². The topological polar surface area (TPSA) is 38.7 Å². The van der Waals surface area contributed by atoms with E-state index in [1.807, 2.05) is 6.92 Å². The van der Waals surface area contributed by atoms with E-state index in [0.717, 1.165) is 5.56 Å².